The molecule has 0 unspecified atom stereocenters. The number of amides is 1. The maximum absolute atomic E-state index is 11.9. The van der Waals surface area contributed by atoms with E-state index in [0.717, 1.165) is 0 Å². The number of aliphatic hydroxyl groups is 1. The van der Waals surface area contributed by atoms with Crippen LogP contribution in [-0.2, 0) is 61.6 Å². The predicted octanol–water partition coefficient (Wildman–Crippen LogP) is 1.04. The zero-order valence-corrected chi connectivity index (χ0v) is 30.0. The van der Waals surface area contributed by atoms with Gasteiger partial charge in [-0.25, -0.2) is 4.79 Å². The van der Waals surface area contributed by atoms with Crippen molar-refractivity contribution in [3.63, 3.8) is 0 Å². The molecule has 0 aromatic carbocycles. The highest BCUT2D eigenvalue weighted by Gasteiger charge is 2.19. The van der Waals surface area contributed by atoms with Crippen molar-refractivity contribution >= 4 is 6.09 Å². The SMILES string of the molecule is CN(CCOCCOCCOCCOCCOCCOCCOCCOCCOCCOCCOCCOCCO)C(=O)OC(C)(C)C. The fourth-order valence-corrected chi connectivity index (χ4v) is 3.22. The summed E-state index contributed by atoms with van der Waals surface area (Å²) in [5.74, 6) is 0. The van der Waals surface area contributed by atoms with E-state index in [9.17, 15) is 4.79 Å². The van der Waals surface area contributed by atoms with Crippen LogP contribution >= 0.6 is 0 Å². The molecule has 0 rings (SSSR count). The molecule has 0 fully saturated rings. The number of aliphatic hydroxyl groups excluding tert-OH is 1. The maximum Gasteiger partial charge on any atom is 0.410 e. The van der Waals surface area contributed by atoms with Crippen LogP contribution in [0.2, 0.25) is 0 Å². The van der Waals surface area contributed by atoms with Crippen molar-refractivity contribution in [3.8, 4) is 0 Å². The second-order valence-corrected chi connectivity index (χ2v) is 11.0. The van der Waals surface area contributed by atoms with Gasteiger partial charge in [-0.05, 0) is 20.8 Å². The monoisotopic (exact) mass is 703 g/mol. The number of nitrogens with zero attached hydrogens (tertiary/aromatic N) is 1. The van der Waals surface area contributed by atoms with E-state index in [0.29, 0.717) is 165 Å². The average molecular weight is 704 g/mol. The summed E-state index contributed by atoms with van der Waals surface area (Å²) in [4.78, 5) is 13.3. The van der Waals surface area contributed by atoms with E-state index in [2.05, 4.69) is 0 Å². The van der Waals surface area contributed by atoms with Gasteiger partial charge in [0.2, 0.25) is 0 Å². The quantitative estimate of drug-likeness (QED) is 0.0909. The third-order valence-electron chi connectivity index (χ3n) is 5.60. The second kappa shape index (κ2) is 37.0. The summed E-state index contributed by atoms with van der Waals surface area (Å²) in [7, 11) is 1.68. The van der Waals surface area contributed by atoms with Gasteiger partial charge in [-0.15, -0.1) is 0 Å². The van der Waals surface area contributed by atoms with Crippen LogP contribution in [0.4, 0.5) is 4.79 Å². The third kappa shape index (κ3) is 39.2. The van der Waals surface area contributed by atoms with Crippen LogP contribution in [0.15, 0.2) is 0 Å². The van der Waals surface area contributed by atoms with Crippen molar-refractivity contribution < 1.29 is 71.5 Å². The fourth-order valence-electron chi connectivity index (χ4n) is 3.22. The molecule has 0 aromatic heterocycles. The highest BCUT2D eigenvalue weighted by Crippen LogP contribution is 2.08. The maximum atomic E-state index is 11.9. The molecular formula is C32H65NO15. The van der Waals surface area contributed by atoms with Crippen LogP contribution < -0.4 is 0 Å². The van der Waals surface area contributed by atoms with Crippen LogP contribution in [0.1, 0.15) is 20.8 Å². The first-order valence-electron chi connectivity index (χ1n) is 16.8. The first-order chi connectivity index (χ1) is 23.4. The van der Waals surface area contributed by atoms with Gasteiger partial charge in [0.05, 0.1) is 165 Å². The highest BCUT2D eigenvalue weighted by molar-refractivity contribution is 5.67. The Morgan fingerprint density at radius 1 is 0.417 bits per heavy atom. The number of rotatable bonds is 38. The Labute approximate surface area is 287 Å². The van der Waals surface area contributed by atoms with Gasteiger partial charge in [0.1, 0.15) is 5.60 Å². The number of hydrogen-bond acceptors (Lipinski definition) is 15. The van der Waals surface area contributed by atoms with Crippen molar-refractivity contribution in [2.24, 2.45) is 0 Å². The first kappa shape index (κ1) is 46.8. The standard InChI is InChI=1S/C32H65NO15/c1-32(2,3)48-31(35)33(4)5-7-36-9-11-38-13-15-40-17-19-42-21-23-44-25-27-46-29-30-47-28-26-45-24-22-43-20-18-41-16-14-39-12-10-37-8-6-34/h34H,5-30H2,1-4H3. The lowest BCUT2D eigenvalue weighted by Crippen LogP contribution is -2.36. The van der Waals surface area contributed by atoms with Gasteiger partial charge in [-0.2, -0.15) is 0 Å². The molecule has 1 N–H and O–H groups in total. The normalized spacial score (nSPS) is 11.8. The summed E-state index contributed by atoms with van der Waals surface area (Å²) in [5, 5.41) is 8.58. The summed E-state index contributed by atoms with van der Waals surface area (Å²) < 4.78 is 70.3. The van der Waals surface area contributed by atoms with Crippen molar-refractivity contribution in [1.29, 1.82) is 0 Å². The lowest BCUT2D eigenvalue weighted by molar-refractivity contribution is -0.0287. The Morgan fingerprint density at radius 3 is 0.833 bits per heavy atom. The fraction of sp³-hybridized carbons (Fsp3) is 0.969. The molecule has 0 heterocycles. The number of ether oxygens (including phenoxy) is 13. The molecule has 0 atom stereocenters. The van der Waals surface area contributed by atoms with Crippen LogP contribution in [-0.4, -0.2) is 200 Å². The molecule has 0 aliphatic rings. The zero-order chi connectivity index (χ0) is 35.2. The van der Waals surface area contributed by atoms with Gasteiger partial charge < -0.3 is 71.6 Å². The summed E-state index contributed by atoms with van der Waals surface area (Å²) in [6, 6.07) is 0. The Hall–Kier alpha value is -1.25. The molecule has 0 bridgehead atoms. The van der Waals surface area contributed by atoms with Gasteiger partial charge in [0.25, 0.3) is 0 Å². The van der Waals surface area contributed by atoms with Gasteiger partial charge in [0.15, 0.2) is 0 Å². The molecule has 0 aliphatic carbocycles. The molecule has 1 amide bonds. The van der Waals surface area contributed by atoms with E-state index in [1.54, 1.807) is 7.05 Å². The first-order valence-corrected chi connectivity index (χ1v) is 16.8. The Morgan fingerprint density at radius 2 is 0.625 bits per heavy atom. The van der Waals surface area contributed by atoms with Gasteiger partial charge in [-0.3, -0.25) is 0 Å². The topological polar surface area (TPSA) is 161 Å². The van der Waals surface area contributed by atoms with Crippen molar-refractivity contribution in [2.75, 3.05) is 179 Å². The number of hydrogen-bond donors (Lipinski definition) is 1. The molecular weight excluding hydrogens is 638 g/mol. The van der Waals surface area contributed by atoms with Crippen LogP contribution in [0.25, 0.3) is 0 Å². The molecule has 0 aliphatic heterocycles. The van der Waals surface area contributed by atoms with E-state index in [-0.39, 0.29) is 12.7 Å². The van der Waals surface area contributed by atoms with Gasteiger partial charge in [0, 0.05) is 13.6 Å². The molecule has 288 valence electrons. The summed E-state index contributed by atoms with van der Waals surface area (Å²) >= 11 is 0. The average Bonchev–Trinajstić information content (AvgIpc) is 3.05. The summed E-state index contributed by atoms with van der Waals surface area (Å²) in [5.41, 5.74) is -0.512. The molecule has 0 saturated carbocycles. The van der Waals surface area contributed by atoms with E-state index in [4.69, 9.17) is 66.7 Å². The van der Waals surface area contributed by atoms with Crippen LogP contribution in [0.5, 0.6) is 0 Å². The number of carbonyl (C=O) groups is 1. The Bertz CT molecular complexity index is 657. The Balaban J connectivity index is 3.13. The molecule has 0 spiro atoms. The van der Waals surface area contributed by atoms with Gasteiger partial charge >= 0.3 is 6.09 Å². The number of likely N-dealkylation sites (N-methyl/N-ethyl adjacent to an activating group) is 1. The van der Waals surface area contributed by atoms with Crippen molar-refractivity contribution in [1.82, 2.24) is 4.90 Å². The van der Waals surface area contributed by atoms with Crippen molar-refractivity contribution in [2.45, 2.75) is 26.4 Å². The van der Waals surface area contributed by atoms with Crippen LogP contribution in [0, 0.1) is 0 Å². The molecule has 16 nitrogen and oxygen atoms in total. The van der Waals surface area contributed by atoms with E-state index in [1.165, 1.54) is 4.90 Å². The molecule has 0 radical (unpaired) electrons. The minimum atomic E-state index is -0.512. The minimum Gasteiger partial charge on any atom is -0.444 e. The molecule has 0 saturated heterocycles. The molecule has 48 heavy (non-hydrogen) atoms. The smallest absolute Gasteiger partial charge is 0.410 e. The molecule has 16 heteroatoms. The van der Waals surface area contributed by atoms with E-state index >= 15 is 0 Å². The summed E-state index contributed by atoms with van der Waals surface area (Å²) in [6.07, 6.45) is -0.366. The van der Waals surface area contributed by atoms with Gasteiger partial charge in [-0.1, -0.05) is 0 Å². The van der Waals surface area contributed by atoms with E-state index in [1.807, 2.05) is 20.8 Å². The minimum absolute atomic E-state index is 0.0214. The van der Waals surface area contributed by atoms with E-state index < -0.39 is 5.60 Å². The largest absolute Gasteiger partial charge is 0.444 e. The highest BCUT2D eigenvalue weighted by atomic mass is 16.6. The second-order valence-electron chi connectivity index (χ2n) is 11.0. The zero-order valence-electron chi connectivity index (χ0n) is 30.0. The lowest BCUT2D eigenvalue weighted by atomic mass is 10.2. The summed E-state index contributed by atoms with van der Waals surface area (Å²) in [6.45, 7) is 17.4. The Kier molecular flexibility index (Phi) is 36.1. The lowest BCUT2D eigenvalue weighted by Gasteiger charge is -2.24. The molecule has 0 aromatic rings. The van der Waals surface area contributed by atoms with Crippen LogP contribution in [0.3, 0.4) is 0 Å². The number of carbonyl (C=O) groups excluding carboxylic acids is 1. The van der Waals surface area contributed by atoms with Crippen molar-refractivity contribution in [3.05, 3.63) is 0 Å². The third-order valence-corrected chi connectivity index (χ3v) is 5.60. The predicted molar refractivity (Wildman–Crippen MR) is 176 cm³/mol.